The molecule has 4 heteroatoms. The molecule has 0 N–H and O–H groups in total. The summed E-state index contributed by atoms with van der Waals surface area (Å²) < 4.78 is 30.0. The van der Waals surface area contributed by atoms with Crippen molar-refractivity contribution in [3.8, 4) is 11.5 Å². The molecule has 22 heavy (non-hydrogen) atoms. The Morgan fingerprint density at radius 1 is 1.45 bits per heavy atom. The lowest BCUT2D eigenvalue weighted by Gasteiger charge is -2.33. The van der Waals surface area contributed by atoms with Gasteiger partial charge < -0.3 is 8.99 Å². The van der Waals surface area contributed by atoms with Gasteiger partial charge in [0.25, 0.3) is 13.9 Å². The van der Waals surface area contributed by atoms with E-state index in [0.717, 1.165) is 0 Å². The van der Waals surface area contributed by atoms with Crippen LogP contribution >= 0.6 is 0 Å². The summed E-state index contributed by atoms with van der Waals surface area (Å²) in [7, 11) is -0.939. The molecule has 0 aromatic carbocycles. The summed E-state index contributed by atoms with van der Waals surface area (Å²) in [6.07, 6.45) is 1.70. The van der Waals surface area contributed by atoms with E-state index in [1.807, 2.05) is 27.7 Å². The van der Waals surface area contributed by atoms with Gasteiger partial charge in [0.2, 0.25) is 0 Å². The van der Waals surface area contributed by atoms with Crippen LogP contribution in [0.4, 0.5) is 0 Å². The molecule has 1 heterocycles. The second-order valence-corrected chi connectivity index (χ2v) is 10.5. The van der Waals surface area contributed by atoms with Gasteiger partial charge in [0.1, 0.15) is 0 Å². The molecule has 0 spiro atoms. The lowest BCUT2D eigenvalue weighted by Crippen LogP contribution is -2.44. The first-order valence-electron chi connectivity index (χ1n) is 8.93. The smallest absolute Gasteiger partial charge is 0.277 e. The lowest BCUT2D eigenvalue weighted by atomic mass is 10.3. The summed E-state index contributed by atoms with van der Waals surface area (Å²) >= 11 is 0. The third-order valence-corrected chi connectivity index (χ3v) is 8.36. The van der Waals surface area contributed by atoms with E-state index < -0.39 is 15.2 Å². The maximum atomic E-state index is 12.2. The molecule has 0 saturated heterocycles. The normalized spacial score (nSPS) is 14.0. The number of nitrogens with zero attached hydrogens (tertiary/aromatic N) is 1. The van der Waals surface area contributed by atoms with Crippen molar-refractivity contribution in [3.63, 3.8) is 0 Å². The average Bonchev–Trinajstić information content (AvgIpc) is 2.49. The fourth-order valence-corrected chi connectivity index (χ4v) is 5.85. The highest BCUT2D eigenvalue weighted by Gasteiger charge is 2.41. The third kappa shape index (κ3) is 4.22. The van der Waals surface area contributed by atoms with E-state index >= 15 is 0 Å². The first-order chi connectivity index (χ1) is 11.4. The van der Waals surface area contributed by atoms with Gasteiger partial charge in [-0.3, -0.25) is 4.79 Å². The zero-order chi connectivity index (χ0) is 19.4. The first-order valence-corrected chi connectivity index (χ1v) is 9.49. The molecule has 0 aliphatic carbocycles. The van der Waals surface area contributed by atoms with Crippen LogP contribution in [0.5, 0.6) is 0 Å². The van der Waals surface area contributed by atoms with Crippen LogP contribution in [0.2, 0.25) is 11.1 Å². The van der Waals surface area contributed by atoms with Crippen LogP contribution in [-0.2, 0) is 18.1 Å². The van der Waals surface area contributed by atoms with Crippen molar-refractivity contribution in [2.75, 3.05) is 0 Å². The molecule has 1 aromatic heterocycles. The van der Waals surface area contributed by atoms with Crippen molar-refractivity contribution in [3.05, 3.63) is 46.4 Å². The molecule has 1 rings (SSSR count). The van der Waals surface area contributed by atoms with E-state index in [4.69, 9.17) is 8.54 Å². The SMILES string of the molecule is [2H]C([2H])([2H])C(=C)C#C[Si](OCc1cccn(C)c1=O)(C(C)C)C(C)C. The minimum absolute atomic E-state index is 0.0788. The lowest BCUT2D eigenvalue weighted by molar-refractivity contribution is 0.281. The summed E-state index contributed by atoms with van der Waals surface area (Å²) in [4.78, 5) is 12.2. The van der Waals surface area contributed by atoms with Crippen LogP contribution in [-0.4, -0.2) is 12.9 Å². The second-order valence-electron chi connectivity index (χ2n) is 6.07. The van der Waals surface area contributed by atoms with Crippen LogP contribution in [0.25, 0.3) is 0 Å². The average molecular weight is 321 g/mol. The first kappa shape index (κ1) is 14.0. The number of pyridine rings is 1. The molecule has 3 nitrogen and oxygen atoms in total. The van der Waals surface area contributed by atoms with E-state index in [0.29, 0.717) is 5.56 Å². The van der Waals surface area contributed by atoms with Crippen LogP contribution < -0.4 is 5.56 Å². The van der Waals surface area contributed by atoms with Crippen LogP contribution in [0.15, 0.2) is 35.3 Å². The van der Waals surface area contributed by atoms with Crippen molar-refractivity contribution in [1.82, 2.24) is 4.57 Å². The second kappa shape index (κ2) is 7.62. The Morgan fingerprint density at radius 3 is 2.64 bits per heavy atom. The maximum absolute atomic E-state index is 12.2. The molecule has 0 radical (unpaired) electrons. The van der Waals surface area contributed by atoms with Crippen LogP contribution in [0, 0.1) is 11.5 Å². The molecule has 0 unspecified atom stereocenters. The minimum atomic E-state index is -2.64. The van der Waals surface area contributed by atoms with Gasteiger partial charge in [-0.15, -0.1) is 0 Å². The number of rotatable bonds is 5. The predicted molar refractivity (Wildman–Crippen MR) is 95.0 cm³/mol. The van der Waals surface area contributed by atoms with E-state index in [2.05, 4.69) is 18.0 Å². The summed E-state index contributed by atoms with van der Waals surface area (Å²) in [6.45, 7) is 9.56. The Hall–Kier alpha value is -1.57. The number of hydrogen-bond donors (Lipinski definition) is 0. The minimum Gasteiger partial charge on any atom is -0.400 e. The molecular weight excluding hydrogens is 290 g/mol. The Balaban J connectivity index is 3.21. The largest absolute Gasteiger partial charge is 0.400 e. The van der Waals surface area contributed by atoms with Gasteiger partial charge in [0.15, 0.2) is 0 Å². The van der Waals surface area contributed by atoms with Crippen molar-refractivity contribution < 1.29 is 8.54 Å². The monoisotopic (exact) mass is 320 g/mol. The van der Waals surface area contributed by atoms with Gasteiger partial charge in [-0.2, -0.15) is 0 Å². The van der Waals surface area contributed by atoms with E-state index in [1.165, 1.54) is 4.57 Å². The molecule has 0 aliphatic rings. The van der Waals surface area contributed by atoms with Crippen molar-refractivity contribution in [2.24, 2.45) is 7.05 Å². The number of aromatic nitrogens is 1. The molecule has 1 aromatic rings. The molecule has 0 fully saturated rings. The zero-order valence-corrected chi connectivity index (χ0v) is 15.1. The molecule has 0 saturated carbocycles. The van der Waals surface area contributed by atoms with E-state index in [9.17, 15) is 4.79 Å². The van der Waals surface area contributed by atoms with Crippen molar-refractivity contribution >= 4 is 8.32 Å². The summed E-state index contributed by atoms with van der Waals surface area (Å²) in [6, 6.07) is 3.55. The topological polar surface area (TPSA) is 31.2 Å². The molecule has 120 valence electrons. The third-order valence-electron chi connectivity index (χ3n) is 3.79. The Labute approximate surface area is 139 Å². The molecule has 0 atom stereocenters. The highest BCUT2D eigenvalue weighted by Crippen LogP contribution is 2.33. The highest BCUT2D eigenvalue weighted by atomic mass is 28.4. The Morgan fingerprint density at radius 2 is 2.09 bits per heavy atom. The quantitative estimate of drug-likeness (QED) is 0.610. The molecule has 0 bridgehead atoms. The fraction of sp³-hybridized carbons (Fsp3) is 0.500. The fourth-order valence-electron chi connectivity index (χ4n) is 2.46. The van der Waals surface area contributed by atoms with Crippen molar-refractivity contribution in [2.45, 2.75) is 52.2 Å². The summed E-state index contributed by atoms with van der Waals surface area (Å²) in [5.41, 5.74) is 3.80. The maximum Gasteiger partial charge on any atom is 0.277 e. The number of allylic oxidation sites excluding steroid dienone is 1. The van der Waals surface area contributed by atoms with Crippen LogP contribution in [0.1, 0.15) is 44.2 Å². The predicted octanol–water partition coefficient (Wildman–Crippen LogP) is 3.79. The Bertz CT molecular complexity index is 731. The van der Waals surface area contributed by atoms with Gasteiger partial charge in [-0.25, -0.2) is 0 Å². The van der Waals surface area contributed by atoms with Gasteiger partial charge in [-0.1, -0.05) is 45.7 Å². The molecule has 0 aliphatic heterocycles. The molecular formula is C18H27NO2Si. The summed E-state index contributed by atoms with van der Waals surface area (Å²) in [5, 5.41) is 0. The van der Waals surface area contributed by atoms with Gasteiger partial charge in [0, 0.05) is 22.9 Å². The van der Waals surface area contributed by atoms with Crippen molar-refractivity contribution in [1.29, 1.82) is 0 Å². The highest BCUT2D eigenvalue weighted by molar-refractivity contribution is 6.84. The standard InChI is InChI=1S/C18H27NO2Si/c1-14(2)10-12-22(15(3)4,16(5)6)21-13-17-9-8-11-19(7)18(17)20/h8-9,11,15-16H,1,13H2,2-7H3/i2D3. The van der Waals surface area contributed by atoms with Gasteiger partial charge in [0.05, 0.1) is 6.61 Å². The molecule has 0 amide bonds. The number of aryl methyl sites for hydroxylation is 1. The summed E-state index contributed by atoms with van der Waals surface area (Å²) in [5.74, 6) is 2.73. The van der Waals surface area contributed by atoms with E-state index in [-0.39, 0.29) is 28.8 Å². The van der Waals surface area contributed by atoms with Gasteiger partial charge >= 0.3 is 0 Å². The zero-order valence-electron chi connectivity index (χ0n) is 17.1. The van der Waals surface area contributed by atoms with E-state index in [1.54, 1.807) is 25.4 Å². The van der Waals surface area contributed by atoms with Crippen LogP contribution in [0.3, 0.4) is 0 Å². The number of hydrogen-bond acceptors (Lipinski definition) is 2. The van der Waals surface area contributed by atoms with Gasteiger partial charge in [-0.05, 0) is 35.6 Å². The Kier molecular flexibility index (Phi) is 4.86.